The van der Waals surface area contributed by atoms with Crippen LogP contribution in [-0.4, -0.2) is 29.9 Å². The van der Waals surface area contributed by atoms with Gasteiger partial charge < -0.3 is 15.8 Å². The zero-order valence-electron chi connectivity index (χ0n) is 17.8. The molecule has 0 aromatic heterocycles. The number of hydrogen-bond acceptors (Lipinski definition) is 5. The molecule has 8 nitrogen and oxygen atoms in total. The van der Waals surface area contributed by atoms with Crippen LogP contribution in [0.3, 0.4) is 0 Å². The normalized spacial score (nSPS) is 11.8. The van der Waals surface area contributed by atoms with Crippen molar-refractivity contribution in [3.05, 3.63) is 94.0 Å². The first kappa shape index (κ1) is 21.8. The number of nitro groups is 1. The minimum atomic E-state index is -1.11. The smallest absolute Gasteiger partial charge is 0.269 e. The quantitative estimate of drug-likeness (QED) is 0.256. The van der Waals surface area contributed by atoms with Crippen LogP contribution in [-0.2, 0) is 11.2 Å². The van der Waals surface area contributed by atoms with Crippen molar-refractivity contribution in [1.82, 2.24) is 5.32 Å². The molecule has 0 heterocycles. The second-order valence-corrected chi connectivity index (χ2v) is 7.58. The Bertz CT molecular complexity index is 1350. The lowest BCUT2D eigenvalue weighted by Crippen LogP contribution is -2.46. The molecule has 2 amide bonds. The summed E-state index contributed by atoms with van der Waals surface area (Å²) in [6.07, 6.45) is -0.0609. The molecule has 0 aliphatic heterocycles. The number of hydrogen-bond donors (Lipinski definition) is 2. The number of carbonyl (C=O) groups is 2. The molecular weight excluding hydrogens is 422 g/mol. The Morgan fingerprint density at radius 2 is 1.61 bits per heavy atom. The number of rotatable bonds is 7. The maximum Gasteiger partial charge on any atom is 0.269 e. The van der Waals surface area contributed by atoms with E-state index in [1.54, 1.807) is 0 Å². The third-order valence-corrected chi connectivity index (χ3v) is 5.55. The second-order valence-electron chi connectivity index (χ2n) is 7.58. The fourth-order valence-electron chi connectivity index (χ4n) is 3.97. The van der Waals surface area contributed by atoms with E-state index >= 15 is 0 Å². The number of nitro benzene ring substituents is 1. The third-order valence-electron chi connectivity index (χ3n) is 5.55. The molecular formula is C25H21N3O5. The molecule has 0 fully saturated rings. The Morgan fingerprint density at radius 3 is 2.15 bits per heavy atom. The van der Waals surface area contributed by atoms with Gasteiger partial charge in [0.25, 0.3) is 11.6 Å². The van der Waals surface area contributed by atoms with Crippen LogP contribution in [0, 0.1) is 10.1 Å². The predicted octanol–water partition coefficient (Wildman–Crippen LogP) is 3.74. The van der Waals surface area contributed by atoms with Crippen molar-refractivity contribution < 1.29 is 19.2 Å². The molecule has 1 atom stereocenters. The average molecular weight is 443 g/mol. The topological polar surface area (TPSA) is 125 Å². The highest BCUT2D eigenvalue weighted by molar-refractivity contribution is 6.18. The van der Waals surface area contributed by atoms with Gasteiger partial charge in [-0.1, -0.05) is 48.5 Å². The summed E-state index contributed by atoms with van der Waals surface area (Å²) in [5.74, 6) is -0.866. The molecule has 0 unspecified atom stereocenters. The van der Waals surface area contributed by atoms with Crippen LogP contribution in [0.15, 0.2) is 72.8 Å². The Balaban J connectivity index is 1.74. The van der Waals surface area contributed by atoms with Crippen LogP contribution < -0.4 is 15.8 Å². The summed E-state index contributed by atoms with van der Waals surface area (Å²) in [5.41, 5.74) is 6.26. The summed E-state index contributed by atoms with van der Waals surface area (Å²) in [6, 6.07) is 19.9. The van der Waals surface area contributed by atoms with Crippen LogP contribution in [0.4, 0.5) is 5.69 Å². The molecule has 0 radical (unpaired) electrons. The molecule has 0 aliphatic carbocycles. The maximum atomic E-state index is 13.4. The largest absolute Gasteiger partial charge is 0.496 e. The van der Waals surface area contributed by atoms with E-state index in [2.05, 4.69) is 5.32 Å². The van der Waals surface area contributed by atoms with Gasteiger partial charge in [0.2, 0.25) is 5.91 Å². The fourth-order valence-corrected chi connectivity index (χ4v) is 3.97. The van der Waals surface area contributed by atoms with Crippen molar-refractivity contribution >= 4 is 39.0 Å². The van der Waals surface area contributed by atoms with Gasteiger partial charge in [0.15, 0.2) is 0 Å². The van der Waals surface area contributed by atoms with Crippen molar-refractivity contribution in [1.29, 1.82) is 0 Å². The van der Waals surface area contributed by atoms with E-state index < -0.39 is 22.8 Å². The third kappa shape index (κ3) is 4.31. The Kier molecular flexibility index (Phi) is 5.91. The van der Waals surface area contributed by atoms with Crippen molar-refractivity contribution in [2.24, 2.45) is 5.73 Å². The summed E-state index contributed by atoms with van der Waals surface area (Å²) in [7, 11) is 1.42. The van der Waals surface area contributed by atoms with Gasteiger partial charge in [0.1, 0.15) is 11.8 Å². The molecule has 3 N–H and O–H groups in total. The van der Waals surface area contributed by atoms with E-state index in [1.807, 2.05) is 54.6 Å². The Labute approximate surface area is 189 Å². The van der Waals surface area contributed by atoms with Gasteiger partial charge >= 0.3 is 0 Å². The number of ether oxygens (including phenoxy) is 1. The van der Waals surface area contributed by atoms with Gasteiger partial charge in [-0.3, -0.25) is 19.7 Å². The highest BCUT2D eigenvalue weighted by Gasteiger charge is 2.24. The van der Waals surface area contributed by atoms with Crippen molar-refractivity contribution in [2.75, 3.05) is 7.11 Å². The summed E-state index contributed by atoms with van der Waals surface area (Å²) in [5, 5.41) is 17.2. The average Bonchev–Trinajstić information content (AvgIpc) is 2.81. The minimum Gasteiger partial charge on any atom is -0.496 e. The monoisotopic (exact) mass is 443 g/mol. The van der Waals surface area contributed by atoms with Gasteiger partial charge in [-0.2, -0.15) is 0 Å². The van der Waals surface area contributed by atoms with E-state index in [1.165, 1.54) is 25.3 Å². The number of benzene rings is 4. The first-order valence-electron chi connectivity index (χ1n) is 10.2. The second kappa shape index (κ2) is 8.96. The lowest BCUT2D eigenvalue weighted by molar-refractivity contribution is -0.384. The number of fused-ring (bicyclic) bond motifs is 2. The van der Waals surface area contributed by atoms with Gasteiger partial charge in [-0.05, 0) is 33.7 Å². The molecule has 166 valence electrons. The zero-order valence-corrected chi connectivity index (χ0v) is 17.8. The van der Waals surface area contributed by atoms with E-state index in [9.17, 15) is 19.7 Å². The highest BCUT2D eigenvalue weighted by Crippen LogP contribution is 2.29. The maximum absolute atomic E-state index is 13.4. The van der Waals surface area contributed by atoms with Crippen molar-refractivity contribution in [3.63, 3.8) is 0 Å². The number of primary amides is 1. The number of non-ortho nitro benzene ring substituents is 1. The SMILES string of the molecule is COc1ccc([N+](=O)[O-])cc1C[C@H](NC(=O)c1c2ccccc2cc2ccccc12)C(N)=O. The van der Waals surface area contributed by atoms with E-state index in [0.29, 0.717) is 16.9 Å². The zero-order chi connectivity index (χ0) is 23.5. The predicted molar refractivity (Wildman–Crippen MR) is 125 cm³/mol. The lowest BCUT2D eigenvalue weighted by atomic mass is 9.95. The van der Waals surface area contributed by atoms with Gasteiger partial charge in [0, 0.05) is 24.1 Å². The summed E-state index contributed by atoms with van der Waals surface area (Å²) in [4.78, 5) is 36.3. The number of nitrogens with one attached hydrogen (secondary N) is 1. The number of nitrogens with zero attached hydrogens (tertiary/aromatic N) is 1. The summed E-state index contributed by atoms with van der Waals surface area (Å²) < 4.78 is 5.28. The van der Waals surface area contributed by atoms with E-state index in [0.717, 1.165) is 21.5 Å². The van der Waals surface area contributed by atoms with Crippen LogP contribution in [0.25, 0.3) is 21.5 Å². The number of nitrogens with two attached hydrogens (primary N) is 1. The molecule has 4 rings (SSSR count). The standard InChI is InChI=1S/C25H21N3O5/c1-33-22-11-10-18(28(31)32)13-17(22)14-21(24(26)29)27-25(30)23-19-8-4-2-6-15(19)12-16-7-3-5-9-20(16)23/h2-13,21H,14H2,1H3,(H2,26,29)(H,27,30)/t21-/m0/s1. The molecule has 0 bridgehead atoms. The lowest BCUT2D eigenvalue weighted by Gasteiger charge is -2.19. The minimum absolute atomic E-state index is 0.0609. The number of methoxy groups -OCH3 is 1. The molecule has 0 saturated carbocycles. The van der Waals surface area contributed by atoms with Crippen molar-refractivity contribution in [3.8, 4) is 5.75 Å². The fraction of sp³-hybridized carbons (Fsp3) is 0.120. The van der Waals surface area contributed by atoms with Crippen LogP contribution in [0.5, 0.6) is 5.75 Å². The first-order chi connectivity index (χ1) is 15.9. The number of carbonyl (C=O) groups excluding carboxylic acids is 2. The highest BCUT2D eigenvalue weighted by atomic mass is 16.6. The van der Waals surface area contributed by atoms with Gasteiger partial charge in [-0.15, -0.1) is 0 Å². The summed E-state index contributed by atoms with van der Waals surface area (Å²) >= 11 is 0. The van der Waals surface area contributed by atoms with Crippen LogP contribution >= 0.6 is 0 Å². The number of amides is 2. The molecule has 4 aromatic carbocycles. The molecule has 0 saturated heterocycles. The molecule has 0 aliphatic rings. The Hall–Kier alpha value is -4.46. The van der Waals surface area contributed by atoms with Gasteiger partial charge in [-0.25, -0.2) is 0 Å². The van der Waals surface area contributed by atoms with Gasteiger partial charge in [0.05, 0.1) is 17.6 Å². The molecule has 4 aromatic rings. The molecule has 0 spiro atoms. The molecule has 8 heteroatoms. The first-order valence-corrected chi connectivity index (χ1v) is 10.2. The Morgan fingerprint density at radius 1 is 1.00 bits per heavy atom. The summed E-state index contributed by atoms with van der Waals surface area (Å²) in [6.45, 7) is 0. The van der Waals surface area contributed by atoms with E-state index in [-0.39, 0.29) is 12.1 Å². The van der Waals surface area contributed by atoms with Crippen molar-refractivity contribution in [2.45, 2.75) is 12.5 Å². The van der Waals surface area contributed by atoms with Crippen LogP contribution in [0.2, 0.25) is 0 Å². The molecule has 33 heavy (non-hydrogen) atoms. The van der Waals surface area contributed by atoms with E-state index in [4.69, 9.17) is 10.5 Å². The van der Waals surface area contributed by atoms with Crippen LogP contribution in [0.1, 0.15) is 15.9 Å².